The van der Waals surface area contributed by atoms with E-state index in [1.165, 1.54) is 16.7 Å². The molecule has 3 heterocycles. The summed E-state index contributed by atoms with van der Waals surface area (Å²) in [5.41, 5.74) is 6.86. The number of aromatic nitrogens is 4. The van der Waals surface area contributed by atoms with Crippen molar-refractivity contribution in [2.24, 2.45) is 0 Å². The second-order valence-electron chi connectivity index (χ2n) is 6.39. The summed E-state index contributed by atoms with van der Waals surface area (Å²) < 4.78 is 2.05. The minimum Gasteiger partial charge on any atom is -0.349 e. The lowest BCUT2D eigenvalue weighted by Gasteiger charge is -2.30. The molecule has 5 rings (SSSR count). The molecular formula is C19H17N5. The SMILES string of the molecule is Cc1ccc2nc(N3CCc4ccccc4C3)c3nncn3c2c1. The fourth-order valence-corrected chi connectivity index (χ4v) is 3.54. The molecular weight excluding hydrogens is 298 g/mol. The highest BCUT2D eigenvalue weighted by Crippen LogP contribution is 2.28. The van der Waals surface area contributed by atoms with Gasteiger partial charge in [0.1, 0.15) is 6.33 Å². The highest BCUT2D eigenvalue weighted by Gasteiger charge is 2.21. The number of nitrogens with zero attached hydrogens (tertiary/aromatic N) is 5. The predicted octanol–water partition coefficient (Wildman–Crippen LogP) is 3.15. The number of fused-ring (bicyclic) bond motifs is 4. The summed E-state index contributed by atoms with van der Waals surface area (Å²) in [6.45, 7) is 3.90. The highest BCUT2D eigenvalue weighted by molar-refractivity contribution is 5.83. The van der Waals surface area contributed by atoms with Crippen molar-refractivity contribution in [3.63, 3.8) is 0 Å². The van der Waals surface area contributed by atoms with Crippen LogP contribution in [-0.2, 0) is 13.0 Å². The molecule has 0 saturated carbocycles. The van der Waals surface area contributed by atoms with Gasteiger partial charge in [-0.15, -0.1) is 10.2 Å². The summed E-state index contributed by atoms with van der Waals surface area (Å²) in [6, 6.07) is 14.9. The van der Waals surface area contributed by atoms with Crippen molar-refractivity contribution >= 4 is 22.5 Å². The second kappa shape index (κ2) is 5.03. The quantitative estimate of drug-likeness (QED) is 0.541. The van der Waals surface area contributed by atoms with E-state index in [1.54, 1.807) is 6.33 Å². The van der Waals surface area contributed by atoms with Crippen molar-refractivity contribution in [3.8, 4) is 0 Å². The molecule has 0 atom stereocenters. The Hall–Kier alpha value is -2.95. The molecule has 0 N–H and O–H groups in total. The number of hydrogen-bond acceptors (Lipinski definition) is 4. The van der Waals surface area contributed by atoms with Gasteiger partial charge in [0.15, 0.2) is 5.82 Å². The lowest BCUT2D eigenvalue weighted by molar-refractivity contribution is 0.722. The van der Waals surface area contributed by atoms with Crippen molar-refractivity contribution in [1.82, 2.24) is 19.6 Å². The van der Waals surface area contributed by atoms with Crippen molar-refractivity contribution in [1.29, 1.82) is 0 Å². The minimum atomic E-state index is 0.826. The molecule has 0 unspecified atom stereocenters. The lowest BCUT2D eigenvalue weighted by Crippen LogP contribution is -2.31. The van der Waals surface area contributed by atoms with Gasteiger partial charge in [0.05, 0.1) is 11.0 Å². The summed E-state index contributed by atoms with van der Waals surface area (Å²) in [7, 11) is 0. The monoisotopic (exact) mass is 315 g/mol. The first-order chi connectivity index (χ1) is 11.8. The van der Waals surface area contributed by atoms with E-state index in [0.29, 0.717) is 0 Å². The molecule has 0 spiro atoms. The van der Waals surface area contributed by atoms with Gasteiger partial charge < -0.3 is 4.90 Å². The largest absolute Gasteiger partial charge is 0.349 e. The third-order valence-corrected chi connectivity index (χ3v) is 4.79. The van der Waals surface area contributed by atoms with Crippen LogP contribution in [0.25, 0.3) is 16.7 Å². The summed E-state index contributed by atoms with van der Waals surface area (Å²) in [5.74, 6) is 0.915. The van der Waals surface area contributed by atoms with E-state index in [-0.39, 0.29) is 0 Å². The number of rotatable bonds is 1. The topological polar surface area (TPSA) is 46.3 Å². The van der Waals surface area contributed by atoms with Crippen LogP contribution in [0, 0.1) is 6.92 Å². The average molecular weight is 315 g/mol. The van der Waals surface area contributed by atoms with Crippen LogP contribution in [0.2, 0.25) is 0 Å². The molecule has 2 aromatic carbocycles. The molecule has 5 nitrogen and oxygen atoms in total. The summed E-state index contributed by atoms with van der Waals surface area (Å²) in [4.78, 5) is 7.23. The van der Waals surface area contributed by atoms with Crippen LogP contribution in [0.15, 0.2) is 48.8 Å². The molecule has 0 fully saturated rings. The molecule has 24 heavy (non-hydrogen) atoms. The van der Waals surface area contributed by atoms with Gasteiger partial charge in [-0.3, -0.25) is 4.40 Å². The molecule has 0 bridgehead atoms. The fraction of sp³-hybridized carbons (Fsp3) is 0.211. The molecule has 5 heteroatoms. The number of hydrogen-bond donors (Lipinski definition) is 0. The molecule has 4 aromatic rings. The molecule has 1 aliphatic rings. The Labute approximate surface area is 139 Å². The Morgan fingerprint density at radius 2 is 1.92 bits per heavy atom. The molecule has 0 aliphatic carbocycles. The van der Waals surface area contributed by atoms with Crippen LogP contribution >= 0.6 is 0 Å². The second-order valence-corrected chi connectivity index (χ2v) is 6.39. The van der Waals surface area contributed by atoms with Crippen LogP contribution in [0.3, 0.4) is 0 Å². The van der Waals surface area contributed by atoms with Crippen molar-refractivity contribution in [2.45, 2.75) is 19.9 Å². The van der Waals surface area contributed by atoms with E-state index in [0.717, 1.165) is 42.0 Å². The third-order valence-electron chi connectivity index (χ3n) is 4.79. The van der Waals surface area contributed by atoms with Gasteiger partial charge in [-0.1, -0.05) is 30.3 Å². The van der Waals surface area contributed by atoms with Crippen molar-refractivity contribution in [2.75, 3.05) is 11.4 Å². The van der Waals surface area contributed by atoms with Crippen LogP contribution in [-0.4, -0.2) is 26.1 Å². The molecule has 2 aromatic heterocycles. The smallest absolute Gasteiger partial charge is 0.204 e. The number of benzene rings is 2. The Kier molecular flexibility index (Phi) is 2.82. The van der Waals surface area contributed by atoms with E-state index >= 15 is 0 Å². The van der Waals surface area contributed by atoms with Gasteiger partial charge in [-0.25, -0.2) is 4.98 Å². The zero-order valence-electron chi connectivity index (χ0n) is 13.5. The first-order valence-corrected chi connectivity index (χ1v) is 8.21. The zero-order chi connectivity index (χ0) is 16.1. The van der Waals surface area contributed by atoms with Gasteiger partial charge in [-0.2, -0.15) is 0 Å². The summed E-state index contributed by atoms with van der Waals surface area (Å²) >= 11 is 0. The number of aryl methyl sites for hydroxylation is 1. The van der Waals surface area contributed by atoms with E-state index in [2.05, 4.69) is 64.5 Å². The average Bonchev–Trinajstić information content (AvgIpc) is 3.11. The Morgan fingerprint density at radius 1 is 1.04 bits per heavy atom. The maximum Gasteiger partial charge on any atom is 0.204 e. The molecule has 0 radical (unpaired) electrons. The van der Waals surface area contributed by atoms with Gasteiger partial charge >= 0.3 is 0 Å². The maximum absolute atomic E-state index is 4.92. The first kappa shape index (κ1) is 13.5. The van der Waals surface area contributed by atoms with E-state index in [9.17, 15) is 0 Å². The highest BCUT2D eigenvalue weighted by atomic mass is 15.3. The Morgan fingerprint density at radius 3 is 2.83 bits per heavy atom. The summed E-state index contributed by atoms with van der Waals surface area (Å²) in [5, 5.41) is 8.47. The molecule has 0 amide bonds. The standard InChI is InChI=1S/C19H17N5/c1-13-6-7-16-17(10-13)24-12-20-22-19(24)18(21-16)23-9-8-14-4-2-3-5-15(14)11-23/h2-7,10,12H,8-9,11H2,1H3. The van der Waals surface area contributed by atoms with Gasteiger partial charge in [0, 0.05) is 13.1 Å². The fourth-order valence-electron chi connectivity index (χ4n) is 3.54. The Balaban J connectivity index is 1.69. The van der Waals surface area contributed by atoms with E-state index in [4.69, 9.17) is 4.98 Å². The lowest BCUT2D eigenvalue weighted by atomic mass is 10.00. The van der Waals surface area contributed by atoms with Gasteiger partial charge in [0.2, 0.25) is 5.65 Å². The minimum absolute atomic E-state index is 0.826. The maximum atomic E-state index is 4.92. The normalized spacial score (nSPS) is 14.3. The zero-order valence-corrected chi connectivity index (χ0v) is 13.5. The molecule has 1 aliphatic heterocycles. The van der Waals surface area contributed by atoms with E-state index < -0.39 is 0 Å². The summed E-state index contributed by atoms with van der Waals surface area (Å²) in [6.07, 6.45) is 2.81. The van der Waals surface area contributed by atoms with Crippen LogP contribution < -0.4 is 4.90 Å². The predicted molar refractivity (Wildman–Crippen MR) is 94.2 cm³/mol. The van der Waals surface area contributed by atoms with Gasteiger partial charge in [0.25, 0.3) is 0 Å². The first-order valence-electron chi connectivity index (χ1n) is 8.21. The number of anilines is 1. The molecule has 0 saturated heterocycles. The van der Waals surface area contributed by atoms with Crippen molar-refractivity contribution in [3.05, 3.63) is 65.5 Å². The van der Waals surface area contributed by atoms with E-state index in [1.807, 2.05) is 4.40 Å². The van der Waals surface area contributed by atoms with Gasteiger partial charge in [-0.05, 0) is 42.2 Å². The molecule has 118 valence electrons. The third kappa shape index (κ3) is 1.98. The van der Waals surface area contributed by atoms with Crippen molar-refractivity contribution < 1.29 is 0 Å². The van der Waals surface area contributed by atoms with Crippen LogP contribution in [0.5, 0.6) is 0 Å². The van der Waals surface area contributed by atoms with Crippen LogP contribution in [0.1, 0.15) is 16.7 Å². The Bertz CT molecular complexity index is 1070. The van der Waals surface area contributed by atoms with Crippen LogP contribution in [0.4, 0.5) is 5.82 Å².